The normalized spacial score (nSPS) is 17.9. The van der Waals surface area contributed by atoms with E-state index < -0.39 is 0 Å². The van der Waals surface area contributed by atoms with E-state index in [1.54, 1.807) is 0 Å². The van der Waals surface area contributed by atoms with Crippen molar-refractivity contribution in [2.75, 3.05) is 13.1 Å². The van der Waals surface area contributed by atoms with Gasteiger partial charge in [0.2, 0.25) is 5.91 Å². The predicted molar refractivity (Wildman–Crippen MR) is 57.9 cm³/mol. The summed E-state index contributed by atoms with van der Waals surface area (Å²) < 4.78 is 0. The van der Waals surface area contributed by atoms with Crippen LogP contribution in [-0.2, 0) is 4.79 Å². The molecule has 1 aliphatic carbocycles. The SMILES string of the molecule is CCCN(C(=O)C(CC)CN)C1CC1. The Kier molecular flexibility index (Phi) is 4.39. The second-order valence-electron chi connectivity index (χ2n) is 4.10. The lowest BCUT2D eigenvalue weighted by molar-refractivity contribution is -0.136. The molecule has 0 aliphatic heterocycles. The minimum atomic E-state index is 0.0437. The summed E-state index contributed by atoms with van der Waals surface area (Å²) in [5.41, 5.74) is 5.59. The fraction of sp³-hybridized carbons (Fsp3) is 0.909. The van der Waals surface area contributed by atoms with Gasteiger partial charge < -0.3 is 10.6 Å². The first-order chi connectivity index (χ1) is 6.74. The second-order valence-corrected chi connectivity index (χ2v) is 4.10. The molecule has 3 nitrogen and oxygen atoms in total. The quantitative estimate of drug-likeness (QED) is 0.700. The Labute approximate surface area is 86.6 Å². The maximum absolute atomic E-state index is 12.0. The molecule has 14 heavy (non-hydrogen) atoms. The Balaban J connectivity index is 2.52. The van der Waals surface area contributed by atoms with E-state index >= 15 is 0 Å². The van der Waals surface area contributed by atoms with Crippen molar-refractivity contribution >= 4 is 5.91 Å². The number of nitrogens with two attached hydrogens (primary N) is 1. The standard InChI is InChI=1S/C11H22N2O/c1-3-7-13(10-5-6-10)11(14)9(4-2)8-12/h9-10H,3-8,12H2,1-2H3. The molecule has 0 aromatic carbocycles. The number of rotatable bonds is 6. The van der Waals surface area contributed by atoms with E-state index in [-0.39, 0.29) is 11.8 Å². The first-order valence-corrected chi connectivity index (χ1v) is 5.75. The van der Waals surface area contributed by atoms with Crippen LogP contribution in [0.4, 0.5) is 0 Å². The van der Waals surface area contributed by atoms with Crippen LogP contribution in [0.5, 0.6) is 0 Å². The highest BCUT2D eigenvalue weighted by molar-refractivity contribution is 5.79. The molecule has 2 N–H and O–H groups in total. The molecule has 3 heteroatoms. The molecule has 0 heterocycles. The molecule has 1 amide bonds. The Bertz CT molecular complexity index is 186. The summed E-state index contributed by atoms with van der Waals surface area (Å²) in [4.78, 5) is 14.1. The Hall–Kier alpha value is -0.570. The monoisotopic (exact) mass is 198 g/mol. The van der Waals surface area contributed by atoms with Gasteiger partial charge in [-0.15, -0.1) is 0 Å². The van der Waals surface area contributed by atoms with Crippen LogP contribution >= 0.6 is 0 Å². The van der Waals surface area contributed by atoms with Gasteiger partial charge in [-0.3, -0.25) is 4.79 Å². The first kappa shape index (κ1) is 11.5. The van der Waals surface area contributed by atoms with Crippen molar-refractivity contribution < 1.29 is 4.79 Å². The van der Waals surface area contributed by atoms with Crippen LogP contribution in [0.3, 0.4) is 0 Å². The molecule has 0 aromatic rings. The maximum atomic E-state index is 12.0. The van der Waals surface area contributed by atoms with Gasteiger partial charge in [0.1, 0.15) is 0 Å². The molecular weight excluding hydrogens is 176 g/mol. The lowest BCUT2D eigenvalue weighted by atomic mass is 10.1. The van der Waals surface area contributed by atoms with Gasteiger partial charge in [0.15, 0.2) is 0 Å². The third-order valence-electron chi connectivity index (χ3n) is 2.86. The number of hydrogen-bond acceptors (Lipinski definition) is 2. The van der Waals surface area contributed by atoms with Crippen LogP contribution in [0.25, 0.3) is 0 Å². The Morgan fingerprint density at radius 2 is 2.14 bits per heavy atom. The van der Waals surface area contributed by atoms with E-state index in [0.29, 0.717) is 12.6 Å². The topological polar surface area (TPSA) is 46.3 Å². The molecule has 1 atom stereocenters. The van der Waals surface area contributed by atoms with Crippen LogP contribution in [0, 0.1) is 5.92 Å². The second kappa shape index (κ2) is 5.35. The van der Waals surface area contributed by atoms with Gasteiger partial charge in [0, 0.05) is 19.1 Å². The molecule has 0 radical (unpaired) electrons. The van der Waals surface area contributed by atoms with Crippen LogP contribution in [0.1, 0.15) is 39.5 Å². The lowest BCUT2D eigenvalue weighted by Crippen LogP contribution is -2.40. The highest BCUT2D eigenvalue weighted by Gasteiger charge is 2.34. The molecule has 1 saturated carbocycles. The van der Waals surface area contributed by atoms with Crippen molar-refractivity contribution in [2.24, 2.45) is 11.7 Å². The van der Waals surface area contributed by atoms with E-state index in [1.807, 2.05) is 11.8 Å². The van der Waals surface area contributed by atoms with Gasteiger partial charge in [-0.1, -0.05) is 13.8 Å². The molecule has 1 aliphatic rings. The number of nitrogens with zero attached hydrogens (tertiary/aromatic N) is 1. The van der Waals surface area contributed by atoms with Gasteiger partial charge >= 0.3 is 0 Å². The van der Waals surface area contributed by atoms with E-state index in [1.165, 1.54) is 12.8 Å². The molecular formula is C11H22N2O. The number of carbonyl (C=O) groups is 1. The average molecular weight is 198 g/mol. The summed E-state index contributed by atoms with van der Waals surface area (Å²) in [6.45, 7) is 5.54. The fourth-order valence-corrected chi connectivity index (χ4v) is 1.78. The summed E-state index contributed by atoms with van der Waals surface area (Å²) >= 11 is 0. The summed E-state index contributed by atoms with van der Waals surface area (Å²) in [7, 11) is 0. The van der Waals surface area contributed by atoms with Crippen molar-refractivity contribution in [1.29, 1.82) is 0 Å². The third-order valence-corrected chi connectivity index (χ3v) is 2.86. The maximum Gasteiger partial charge on any atom is 0.227 e. The minimum absolute atomic E-state index is 0.0437. The van der Waals surface area contributed by atoms with Crippen molar-refractivity contribution in [2.45, 2.75) is 45.6 Å². The van der Waals surface area contributed by atoms with Crippen LogP contribution < -0.4 is 5.73 Å². The lowest BCUT2D eigenvalue weighted by Gasteiger charge is -2.25. The van der Waals surface area contributed by atoms with Gasteiger partial charge in [-0.25, -0.2) is 0 Å². The van der Waals surface area contributed by atoms with E-state index in [4.69, 9.17) is 5.73 Å². The van der Waals surface area contributed by atoms with Crippen LogP contribution in [-0.4, -0.2) is 29.9 Å². The molecule has 0 bridgehead atoms. The summed E-state index contributed by atoms with van der Waals surface area (Å²) in [5, 5.41) is 0. The molecule has 1 fully saturated rings. The molecule has 0 aromatic heterocycles. The van der Waals surface area contributed by atoms with E-state index in [9.17, 15) is 4.79 Å². The highest BCUT2D eigenvalue weighted by Crippen LogP contribution is 2.28. The van der Waals surface area contributed by atoms with Crippen molar-refractivity contribution in [3.8, 4) is 0 Å². The minimum Gasteiger partial charge on any atom is -0.339 e. The third kappa shape index (κ3) is 2.71. The van der Waals surface area contributed by atoms with Gasteiger partial charge in [-0.05, 0) is 25.7 Å². The Morgan fingerprint density at radius 1 is 1.50 bits per heavy atom. The van der Waals surface area contributed by atoms with Crippen LogP contribution in [0.2, 0.25) is 0 Å². The van der Waals surface area contributed by atoms with Crippen LogP contribution in [0.15, 0.2) is 0 Å². The smallest absolute Gasteiger partial charge is 0.227 e. The van der Waals surface area contributed by atoms with E-state index in [2.05, 4.69) is 6.92 Å². The van der Waals surface area contributed by atoms with Gasteiger partial charge in [0.25, 0.3) is 0 Å². The molecule has 1 unspecified atom stereocenters. The average Bonchev–Trinajstić information content (AvgIpc) is 2.99. The van der Waals surface area contributed by atoms with Gasteiger partial charge in [0.05, 0.1) is 5.92 Å². The zero-order chi connectivity index (χ0) is 10.6. The molecule has 82 valence electrons. The van der Waals surface area contributed by atoms with Gasteiger partial charge in [-0.2, -0.15) is 0 Å². The van der Waals surface area contributed by atoms with Crippen molar-refractivity contribution in [3.05, 3.63) is 0 Å². The summed E-state index contributed by atoms with van der Waals surface area (Å²) in [5.74, 6) is 0.321. The van der Waals surface area contributed by atoms with Crippen molar-refractivity contribution in [3.63, 3.8) is 0 Å². The number of carbonyl (C=O) groups excluding carboxylic acids is 1. The molecule has 1 rings (SSSR count). The number of hydrogen-bond donors (Lipinski definition) is 1. The zero-order valence-corrected chi connectivity index (χ0v) is 9.33. The van der Waals surface area contributed by atoms with Crippen molar-refractivity contribution in [1.82, 2.24) is 4.90 Å². The zero-order valence-electron chi connectivity index (χ0n) is 9.33. The molecule has 0 saturated heterocycles. The summed E-state index contributed by atoms with van der Waals surface area (Å²) in [6.07, 6.45) is 4.28. The summed E-state index contributed by atoms with van der Waals surface area (Å²) in [6, 6.07) is 0.531. The Morgan fingerprint density at radius 3 is 2.50 bits per heavy atom. The highest BCUT2D eigenvalue weighted by atomic mass is 16.2. The largest absolute Gasteiger partial charge is 0.339 e. The number of amides is 1. The fourth-order valence-electron chi connectivity index (χ4n) is 1.78. The van der Waals surface area contributed by atoms with E-state index in [0.717, 1.165) is 19.4 Å². The predicted octanol–water partition coefficient (Wildman–Crippen LogP) is 1.37. The first-order valence-electron chi connectivity index (χ1n) is 5.75. The molecule has 0 spiro atoms.